The molecule has 2 amide bonds. The minimum atomic E-state index is -3.56. The van der Waals surface area contributed by atoms with Crippen molar-refractivity contribution in [3.8, 4) is 5.75 Å². The number of hydrogen-bond acceptors (Lipinski definition) is 5. The fourth-order valence-corrected chi connectivity index (χ4v) is 4.52. The zero-order valence-electron chi connectivity index (χ0n) is 20.6. The Hall–Kier alpha value is -3.07. The van der Waals surface area contributed by atoms with E-state index in [0.29, 0.717) is 30.9 Å². The quantitative estimate of drug-likeness (QED) is 0.494. The van der Waals surface area contributed by atoms with E-state index in [4.69, 9.17) is 4.74 Å². The van der Waals surface area contributed by atoms with E-state index < -0.39 is 16.1 Å². The molecule has 0 saturated heterocycles. The predicted octanol–water partition coefficient (Wildman–Crippen LogP) is 3.10. The number of ether oxygens (including phenoxy) is 1. The highest BCUT2D eigenvalue weighted by Gasteiger charge is 2.26. The van der Waals surface area contributed by atoms with Crippen LogP contribution in [-0.4, -0.2) is 57.6 Å². The van der Waals surface area contributed by atoms with Crippen molar-refractivity contribution in [2.45, 2.75) is 46.2 Å². The summed E-state index contributed by atoms with van der Waals surface area (Å²) >= 11 is 0. The standard InChI is InChI=1S/C25H35N3O5S/c1-6-26-25(30)20(3)27(18-21-14-12-19(2)13-15-21)24(29)11-8-16-28(34(5,31)32)22-9-7-10-23(17-22)33-4/h7,9-10,12-15,17,20H,6,8,11,16,18H2,1-5H3,(H,26,30). The van der Waals surface area contributed by atoms with Gasteiger partial charge in [0.2, 0.25) is 21.8 Å². The SMILES string of the molecule is CCNC(=O)C(C)N(Cc1ccc(C)cc1)C(=O)CCCN(c1cccc(OC)c1)S(C)(=O)=O. The molecular formula is C25H35N3O5S. The molecular weight excluding hydrogens is 454 g/mol. The molecule has 186 valence electrons. The van der Waals surface area contributed by atoms with Crippen LogP contribution >= 0.6 is 0 Å². The molecule has 0 aliphatic heterocycles. The molecule has 2 aromatic rings. The van der Waals surface area contributed by atoms with Crippen molar-refractivity contribution in [3.05, 3.63) is 59.7 Å². The van der Waals surface area contributed by atoms with E-state index >= 15 is 0 Å². The molecule has 9 heteroatoms. The molecule has 0 fully saturated rings. The second-order valence-corrected chi connectivity index (χ2v) is 10.1. The number of carbonyl (C=O) groups is 2. The molecule has 8 nitrogen and oxygen atoms in total. The Kier molecular flexibility index (Phi) is 9.92. The van der Waals surface area contributed by atoms with Crippen LogP contribution in [0.3, 0.4) is 0 Å². The first-order valence-corrected chi connectivity index (χ1v) is 13.2. The van der Waals surface area contributed by atoms with E-state index in [0.717, 1.165) is 17.4 Å². The van der Waals surface area contributed by atoms with Crippen LogP contribution in [0.4, 0.5) is 5.69 Å². The van der Waals surface area contributed by atoms with E-state index in [1.54, 1.807) is 36.1 Å². The summed E-state index contributed by atoms with van der Waals surface area (Å²) in [5.74, 6) is 0.109. The Morgan fingerprint density at radius 1 is 1.12 bits per heavy atom. The van der Waals surface area contributed by atoms with Crippen molar-refractivity contribution in [2.75, 3.05) is 30.8 Å². The Morgan fingerprint density at radius 3 is 2.38 bits per heavy atom. The average molecular weight is 490 g/mol. The van der Waals surface area contributed by atoms with Crippen molar-refractivity contribution in [1.82, 2.24) is 10.2 Å². The summed E-state index contributed by atoms with van der Waals surface area (Å²) in [4.78, 5) is 27.2. The predicted molar refractivity (Wildman–Crippen MR) is 134 cm³/mol. The lowest BCUT2D eigenvalue weighted by Crippen LogP contribution is -2.47. The third-order valence-corrected chi connectivity index (χ3v) is 6.68. The van der Waals surface area contributed by atoms with Gasteiger partial charge in [-0.1, -0.05) is 35.9 Å². The smallest absolute Gasteiger partial charge is 0.242 e. The lowest BCUT2D eigenvalue weighted by atomic mass is 10.1. The summed E-state index contributed by atoms with van der Waals surface area (Å²) in [5.41, 5.74) is 2.50. The van der Waals surface area contributed by atoms with Crippen LogP contribution in [0.1, 0.15) is 37.8 Å². The van der Waals surface area contributed by atoms with Gasteiger partial charge < -0.3 is 15.0 Å². The van der Waals surface area contributed by atoms with Crippen LogP contribution in [0.15, 0.2) is 48.5 Å². The van der Waals surface area contributed by atoms with Crippen LogP contribution in [-0.2, 0) is 26.2 Å². The Balaban J connectivity index is 2.15. The van der Waals surface area contributed by atoms with Gasteiger partial charge >= 0.3 is 0 Å². The second-order valence-electron chi connectivity index (χ2n) is 8.22. The number of amides is 2. The van der Waals surface area contributed by atoms with Gasteiger partial charge in [-0.25, -0.2) is 8.42 Å². The molecule has 2 rings (SSSR count). The average Bonchev–Trinajstić information content (AvgIpc) is 2.80. The number of rotatable bonds is 12. The summed E-state index contributed by atoms with van der Waals surface area (Å²) in [6.07, 6.45) is 1.54. The number of nitrogens with one attached hydrogen (secondary N) is 1. The highest BCUT2D eigenvalue weighted by atomic mass is 32.2. The van der Waals surface area contributed by atoms with Gasteiger partial charge in [-0.2, -0.15) is 0 Å². The Morgan fingerprint density at radius 2 is 1.79 bits per heavy atom. The molecule has 34 heavy (non-hydrogen) atoms. The lowest BCUT2D eigenvalue weighted by Gasteiger charge is -2.29. The molecule has 0 bridgehead atoms. The number of carbonyl (C=O) groups excluding carboxylic acids is 2. The van der Waals surface area contributed by atoms with E-state index in [1.807, 2.05) is 38.1 Å². The zero-order chi connectivity index (χ0) is 25.3. The molecule has 1 atom stereocenters. The van der Waals surface area contributed by atoms with E-state index in [-0.39, 0.29) is 24.8 Å². The Labute approximate surface area is 202 Å². The number of hydrogen-bond donors (Lipinski definition) is 1. The molecule has 0 heterocycles. The van der Waals surface area contributed by atoms with Gasteiger partial charge in [0.1, 0.15) is 11.8 Å². The first-order chi connectivity index (χ1) is 16.1. The van der Waals surface area contributed by atoms with Crippen molar-refractivity contribution in [3.63, 3.8) is 0 Å². The maximum absolute atomic E-state index is 13.2. The zero-order valence-corrected chi connectivity index (χ0v) is 21.4. The van der Waals surface area contributed by atoms with Gasteiger partial charge in [-0.15, -0.1) is 0 Å². The van der Waals surface area contributed by atoms with Gasteiger partial charge in [-0.3, -0.25) is 13.9 Å². The molecule has 0 aliphatic carbocycles. The topological polar surface area (TPSA) is 96.0 Å². The van der Waals surface area contributed by atoms with Crippen LogP contribution in [0, 0.1) is 6.92 Å². The minimum absolute atomic E-state index is 0.103. The summed E-state index contributed by atoms with van der Waals surface area (Å²) in [6.45, 7) is 6.42. The number of nitrogens with zero attached hydrogens (tertiary/aromatic N) is 2. The third kappa shape index (κ3) is 7.76. The summed E-state index contributed by atoms with van der Waals surface area (Å²) in [5, 5.41) is 2.77. The second kappa shape index (κ2) is 12.4. The monoisotopic (exact) mass is 489 g/mol. The highest BCUT2D eigenvalue weighted by molar-refractivity contribution is 7.92. The van der Waals surface area contributed by atoms with Gasteiger partial charge in [0, 0.05) is 32.1 Å². The van der Waals surface area contributed by atoms with Crippen molar-refractivity contribution in [2.24, 2.45) is 0 Å². The van der Waals surface area contributed by atoms with Gasteiger partial charge in [-0.05, 0) is 44.9 Å². The molecule has 0 aliphatic rings. The number of benzene rings is 2. The highest BCUT2D eigenvalue weighted by Crippen LogP contribution is 2.24. The largest absolute Gasteiger partial charge is 0.497 e. The van der Waals surface area contributed by atoms with Crippen molar-refractivity contribution >= 4 is 27.5 Å². The summed E-state index contributed by atoms with van der Waals surface area (Å²) in [6, 6.07) is 13.9. The number of aryl methyl sites for hydroxylation is 1. The number of likely N-dealkylation sites (N-methyl/N-ethyl adjacent to an activating group) is 1. The Bertz CT molecular complexity index is 1070. The van der Waals surface area contributed by atoms with E-state index in [2.05, 4.69) is 5.32 Å². The van der Waals surface area contributed by atoms with Crippen molar-refractivity contribution in [1.29, 1.82) is 0 Å². The fourth-order valence-electron chi connectivity index (χ4n) is 3.56. The summed E-state index contributed by atoms with van der Waals surface area (Å²) in [7, 11) is -2.05. The molecule has 1 unspecified atom stereocenters. The third-order valence-electron chi connectivity index (χ3n) is 5.49. The maximum atomic E-state index is 13.2. The molecule has 0 radical (unpaired) electrons. The van der Waals surface area contributed by atoms with Crippen LogP contribution < -0.4 is 14.4 Å². The fraction of sp³-hybridized carbons (Fsp3) is 0.440. The van der Waals surface area contributed by atoms with Crippen LogP contribution in [0.5, 0.6) is 5.75 Å². The molecule has 0 spiro atoms. The number of methoxy groups -OCH3 is 1. The lowest BCUT2D eigenvalue weighted by molar-refractivity contribution is -0.140. The molecule has 1 N–H and O–H groups in total. The first-order valence-electron chi connectivity index (χ1n) is 11.3. The van der Waals surface area contributed by atoms with E-state index in [1.165, 1.54) is 11.4 Å². The van der Waals surface area contributed by atoms with Crippen molar-refractivity contribution < 1.29 is 22.7 Å². The first kappa shape index (κ1) is 27.2. The van der Waals surface area contributed by atoms with Crippen LogP contribution in [0.25, 0.3) is 0 Å². The van der Waals surface area contributed by atoms with Gasteiger partial charge in [0.15, 0.2) is 0 Å². The van der Waals surface area contributed by atoms with Gasteiger partial charge in [0.05, 0.1) is 19.1 Å². The summed E-state index contributed by atoms with van der Waals surface area (Å²) < 4.78 is 31.3. The normalized spacial score (nSPS) is 12.0. The molecule has 0 saturated carbocycles. The number of anilines is 1. The minimum Gasteiger partial charge on any atom is -0.497 e. The maximum Gasteiger partial charge on any atom is 0.242 e. The van der Waals surface area contributed by atoms with Crippen LogP contribution in [0.2, 0.25) is 0 Å². The number of sulfonamides is 1. The van der Waals surface area contributed by atoms with Gasteiger partial charge in [0.25, 0.3) is 0 Å². The van der Waals surface area contributed by atoms with E-state index in [9.17, 15) is 18.0 Å². The molecule has 0 aromatic heterocycles. The molecule has 2 aromatic carbocycles.